The summed E-state index contributed by atoms with van der Waals surface area (Å²) < 4.78 is 16.4. The molecule has 2 N–H and O–H groups in total. The average Bonchev–Trinajstić information content (AvgIpc) is 2.74. The summed E-state index contributed by atoms with van der Waals surface area (Å²) in [6, 6.07) is 5.21. The van der Waals surface area contributed by atoms with Gasteiger partial charge in [0.2, 0.25) is 0 Å². The van der Waals surface area contributed by atoms with Crippen LogP contribution in [0.4, 0.5) is 5.82 Å². The van der Waals surface area contributed by atoms with Gasteiger partial charge < -0.3 is 19.7 Å². The third-order valence-corrected chi connectivity index (χ3v) is 2.88. The van der Waals surface area contributed by atoms with Crippen LogP contribution in [0.15, 0.2) is 27.2 Å². The molecule has 2 rings (SSSR count). The molecule has 6 heteroatoms. The van der Waals surface area contributed by atoms with Crippen molar-refractivity contribution in [3.05, 3.63) is 22.7 Å². The molecule has 0 amide bonds. The van der Waals surface area contributed by atoms with Crippen molar-refractivity contribution in [2.24, 2.45) is 0 Å². The van der Waals surface area contributed by atoms with Crippen LogP contribution < -0.4 is 15.2 Å². The maximum absolute atomic E-state index is 5.53. The fraction of sp³-hybridized carbons (Fsp3) is 0.182. The summed E-state index contributed by atoms with van der Waals surface area (Å²) in [5.74, 6) is 2.16. The number of ether oxygens (including phenoxy) is 2. The number of aromatic nitrogens is 1. The molecule has 0 bridgehead atoms. The van der Waals surface area contributed by atoms with Crippen molar-refractivity contribution in [1.82, 2.24) is 5.16 Å². The minimum absolute atomic E-state index is 0.324. The number of halogens is 1. The Kier molecular flexibility index (Phi) is 3.23. The van der Waals surface area contributed by atoms with Crippen LogP contribution in [0.2, 0.25) is 0 Å². The van der Waals surface area contributed by atoms with Gasteiger partial charge in [-0.15, -0.1) is 0 Å². The van der Waals surface area contributed by atoms with Gasteiger partial charge in [-0.1, -0.05) is 5.16 Å². The number of nitrogens with two attached hydrogens (primary N) is 1. The molecule has 0 aliphatic heterocycles. The lowest BCUT2D eigenvalue weighted by Crippen LogP contribution is -1.91. The normalized spacial score (nSPS) is 10.3. The highest BCUT2D eigenvalue weighted by atomic mass is 79.9. The summed E-state index contributed by atoms with van der Waals surface area (Å²) in [7, 11) is 3.16. The third kappa shape index (κ3) is 2.21. The Morgan fingerprint density at radius 3 is 2.53 bits per heavy atom. The topological polar surface area (TPSA) is 70.5 Å². The molecule has 0 aliphatic carbocycles. The molecule has 0 saturated carbocycles. The van der Waals surface area contributed by atoms with E-state index in [4.69, 9.17) is 19.7 Å². The molecule has 90 valence electrons. The Balaban J connectivity index is 2.60. The molecule has 0 fully saturated rings. The van der Waals surface area contributed by atoms with Gasteiger partial charge in [0.25, 0.3) is 0 Å². The van der Waals surface area contributed by atoms with E-state index < -0.39 is 0 Å². The van der Waals surface area contributed by atoms with Gasteiger partial charge in [-0.05, 0) is 22.0 Å². The highest BCUT2D eigenvalue weighted by molar-refractivity contribution is 9.10. The minimum Gasteiger partial charge on any atom is -0.497 e. The second-order valence-corrected chi connectivity index (χ2v) is 4.16. The Morgan fingerprint density at radius 1 is 1.24 bits per heavy atom. The van der Waals surface area contributed by atoms with Crippen LogP contribution in [0.25, 0.3) is 11.3 Å². The summed E-state index contributed by atoms with van der Waals surface area (Å²) in [6.45, 7) is 0. The SMILES string of the molecule is COc1cc(Br)c(-c2cc(N)no2)c(OC)c1. The van der Waals surface area contributed by atoms with E-state index in [0.717, 1.165) is 10.0 Å². The molecule has 0 atom stereocenters. The largest absolute Gasteiger partial charge is 0.497 e. The van der Waals surface area contributed by atoms with E-state index in [1.165, 1.54) is 0 Å². The fourth-order valence-electron chi connectivity index (χ4n) is 1.48. The van der Waals surface area contributed by atoms with Crippen LogP contribution >= 0.6 is 15.9 Å². The van der Waals surface area contributed by atoms with E-state index in [-0.39, 0.29) is 0 Å². The van der Waals surface area contributed by atoms with Crippen molar-refractivity contribution >= 4 is 21.7 Å². The standard InChI is InChI=1S/C11H11BrN2O3/c1-15-6-3-7(12)11(8(4-6)16-2)9-5-10(13)14-17-9/h3-5H,1-2H3,(H2,13,14). The number of nitrogen functional groups attached to an aromatic ring is 1. The van der Waals surface area contributed by atoms with E-state index in [1.54, 1.807) is 26.4 Å². The lowest BCUT2D eigenvalue weighted by Gasteiger charge is -2.10. The zero-order valence-electron chi connectivity index (χ0n) is 9.36. The summed E-state index contributed by atoms with van der Waals surface area (Å²) in [5, 5.41) is 3.65. The van der Waals surface area contributed by atoms with Crippen molar-refractivity contribution in [2.45, 2.75) is 0 Å². The summed E-state index contributed by atoms with van der Waals surface area (Å²) in [5.41, 5.74) is 6.28. The number of rotatable bonds is 3. The molecule has 0 saturated heterocycles. The second kappa shape index (κ2) is 4.67. The summed E-state index contributed by atoms with van der Waals surface area (Å²) in [4.78, 5) is 0. The molecule has 17 heavy (non-hydrogen) atoms. The van der Waals surface area contributed by atoms with Gasteiger partial charge in [0.1, 0.15) is 11.5 Å². The molecular formula is C11H11BrN2O3. The van der Waals surface area contributed by atoms with Crippen molar-refractivity contribution in [3.8, 4) is 22.8 Å². The maximum atomic E-state index is 5.53. The average molecular weight is 299 g/mol. The van der Waals surface area contributed by atoms with Gasteiger partial charge in [0, 0.05) is 16.6 Å². The summed E-state index contributed by atoms with van der Waals surface area (Å²) in [6.07, 6.45) is 0. The van der Waals surface area contributed by atoms with E-state index in [2.05, 4.69) is 21.1 Å². The molecule has 0 unspecified atom stereocenters. The van der Waals surface area contributed by atoms with Crippen molar-refractivity contribution in [1.29, 1.82) is 0 Å². The molecule has 5 nitrogen and oxygen atoms in total. The van der Waals surface area contributed by atoms with E-state index in [1.807, 2.05) is 6.07 Å². The lowest BCUT2D eigenvalue weighted by molar-refractivity contribution is 0.391. The Bertz CT molecular complexity index is 540. The van der Waals surface area contributed by atoms with Gasteiger partial charge in [0.05, 0.1) is 19.8 Å². The predicted octanol–water partition coefficient (Wildman–Crippen LogP) is 2.70. The third-order valence-electron chi connectivity index (χ3n) is 2.26. The van der Waals surface area contributed by atoms with Gasteiger partial charge in [-0.25, -0.2) is 0 Å². The lowest BCUT2D eigenvalue weighted by atomic mass is 10.1. The first-order valence-corrected chi connectivity index (χ1v) is 5.59. The van der Waals surface area contributed by atoms with Gasteiger partial charge in [0.15, 0.2) is 11.6 Å². The molecule has 0 radical (unpaired) electrons. The first kappa shape index (κ1) is 11.8. The van der Waals surface area contributed by atoms with Gasteiger partial charge in [-0.3, -0.25) is 0 Å². The van der Waals surface area contributed by atoms with Crippen molar-refractivity contribution < 1.29 is 14.0 Å². The molecule has 0 aliphatic rings. The first-order chi connectivity index (χ1) is 8.15. The Morgan fingerprint density at radius 2 is 2.00 bits per heavy atom. The number of anilines is 1. The van der Waals surface area contributed by atoms with Crippen LogP contribution in [-0.2, 0) is 0 Å². The molecular weight excluding hydrogens is 288 g/mol. The Labute approximate surface area is 107 Å². The second-order valence-electron chi connectivity index (χ2n) is 3.30. The molecule has 1 aromatic carbocycles. The maximum Gasteiger partial charge on any atom is 0.173 e. The van der Waals surface area contributed by atoms with E-state index >= 15 is 0 Å². The predicted molar refractivity (Wildman–Crippen MR) is 67.2 cm³/mol. The highest BCUT2D eigenvalue weighted by Crippen LogP contribution is 2.40. The van der Waals surface area contributed by atoms with Crippen LogP contribution in [0, 0.1) is 0 Å². The Hall–Kier alpha value is -1.69. The minimum atomic E-state index is 0.324. The van der Waals surface area contributed by atoms with Crippen LogP contribution in [-0.4, -0.2) is 19.4 Å². The number of methoxy groups -OCH3 is 2. The van der Waals surface area contributed by atoms with Gasteiger partial charge in [-0.2, -0.15) is 0 Å². The van der Waals surface area contributed by atoms with Crippen molar-refractivity contribution in [3.63, 3.8) is 0 Å². The highest BCUT2D eigenvalue weighted by Gasteiger charge is 2.16. The number of hydrogen-bond acceptors (Lipinski definition) is 5. The van der Waals surface area contributed by atoms with Crippen LogP contribution in [0.1, 0.15) is 0 Å². The molecule has 1 aromatic heterocycles. The first-order valence-electron chi connectivity index (χ1n) is 4.79. The zero-order chi connectivity index (χ0) is 12.4. The molecule has 2 aromatic rings. The number of hydrogen-bond donors (Lipinski definition) is 1. The van der Waals surface area contributed by atoms with Gasteiger partial charge >= 0.3 is 0 Å². The molecule has 0 spiro atoms. The zero-order valence-corrected chi connectivity index (χ0v) is 10.9. The van der Waals surface area contributed by atoms with E-state index in [9.17, 15) is 0 Å². The number of benzene rings is 1. The fourth-order valence-corrected chi connectivity index (χ4v) is 2.10. The monoisotopic (exact) mass is 298 g/mol. The van der Waals surface area contributed by atoms with Crippen molar-refractivity contribution in [2.75, 3.05) is 20.0 Å². The quantitative estimate of drug-likeness (QED) is 0.943. The van der Waals surface area contributed by atoms with Crippen LogP contribution in [0.3, 0.4) is 0 Å². The van der Waals surface area contributed by atoms with Crippen LogP contribution in [0.5, 0.6) is 11.5 Å². The number of nitrogens with zero attached hydrogens (tertiary/aromatic N) is 1. The summed E-state index contributed by atoms with van der Waals surface area (Å²) >= 11 is 3.44. The smallest absolute Gasteiger partial charge is 0.173 e. The van der Waals surface area contributed by atoms with E-state index in [0.29, 0.717) is 23.1 Å². The molecule has 1 heterocycles.